The van der Waals surface area contributed by atoms with Gasteiger partial charge in [-0.1, -0.05) is 0 Å². The molecule has 1 aliphatic heterocycles. The van der Waals surface area contributed by atoms with Crippen molar-refractivity contribution in [3.8, 4) is 0 Å². The molecule has 1 aliphatic rings. The molecular weight excluding hydrogens is 282 g/mol. The van der Waals surface area contributed by atoms with E-state index in [-0.39, 0.29) is 23.7 Å². The van der Waals surface area contributed by atoms with Crippen LogP contribution in [0, 0.1) is 0 Å². The number of hydrogen-bond acceptors (Lipinski definition) is 8. The van der Waals surface area contributed by atoms with E-state index >= 15 is 0 Å². The Morgan fingerprint density at radius 3 is 3.05 bits per heavy atom. The van der Waals surface area contributed by atoms with Gasteiger partial charge in [-0.05, 0) is 0 Å². The second-order valence-corrected chi connectivity index (χ2v) is 4.71. The number of hydrogen-bond donors (Lipinski definition) is 4. The molecule has 0 bridgehead atoms. The largest absolute Gasteiger partial charge is 0.394 e. The van der Waals surface area contributed by atoms with Crippen LogP contribution in [0.3, 0.4) is 0 Å². The summed E-state index contributed by atoms with van der Waals surface area (Å²) < 4.78 is 12.2. The number of aliphatic hydroxyl groups is 2. The number of nitrogens with zero attached hydrogens (tertiary/aromatic N) is 3. The van der Waals surface area contributed by atoms with Crippen LogP contribution in [-0.4, -0.2) is 61.8 Å². The molecule has 0 aromatic carbocycles. The molecule has 3 heterocycles. The third-order valence-electron chi connectivity index (χ3n) is 3.49. The highest BCUT2D eigenvalue weighted by atomic mass is 16.6. The summed E-state index contributed by atoms with van der Waals surface area (Å²) in [4.78, 5) is 22.1. The van der Waals surface area contributed by atoms with Gasteiger partial charge in [0.05, 0.1) is 12.9 Å². The Morgan fingerprint density at radius 1 is 1.62 bits per heavy atom. The number of anilines is 1. The average molecular weight is 297 g/mol. The molecule has 0 unspecified atom stereocenters. The van der Waals surface area contributed by atoms with Gasteiger partial charge >= 0.3 is 0 Å². The predicted octanol–water partition coefficient (Wildman–Crippen LogP) is -2.03. The number of methoxy groups -OCH3 is 1. The van der Waals surface area contributed by atoms with Crippen molar-refractivity contribution >= 4 is 17.1 Å². The van der Waals surface area contributed by atoms with Crippen molar-refractivity contribution in [1.29, 1.82) is 0 Å². The summed E-state index contributed by atoms with van der Waals surface area (Å²) in [6.07, 6.45) is -1.96. The molecule has 2 aromatic heterocycles. The molecule has 3 rings (SSSR count). The molecule has 1 fully saturated rings. The Morgan fingerprint density at radius 2 is 2.38 bits per heavy atom. The van der Waals surface area contributed by atoms with Crippen LogP contribution in [-0.2, 0) is 9.47 Å². The first-order valence-electron chi connectivity index (χ1n) is 6.26. The third-order valence-corrected chi connectivity index (χ3v) is 3.49. The topological polar surface area (TPSA) is 149 Å². The second kappa shape index (κ2) is 5.07. The number of imidazole rings is 1. The van der Waals surface area contributed by atoms with Crippen LogP contribution in [0.1, 0.15) is 6.23 Å². The van der Waals surface area contributed by atoms with Gasteiger partial charge in [-0.3, -0.25) is 14.3 Å². The molecular formula is C11H15N5O5. The van der Waals surface area contributed by atoms with Crippen LogP contribution in [0.15, 0.2) is 11.1 Å². The van der Waals surface area contributed by atoms with E-state index in [1.54, 1.807) is 0 Å². The number of H-pyrrole nitrogens is 1. The number of aromatic nitrogens is 4. The van der Waals surface area contributed by atoms with Crippen molar-refractivity contribution in [3.63, 3.8) is 0 Å². The number of nitrogen functional groups attached to an aromatic ring is 1. The number of fused-ring (bicyclic) bond motifs is 1. The van der Waals surface area contributed by atoms with E-state index in [1.807, 2.05) is 0 Å². The first-order valence-corrected chi connectivity index (χ1v) is 6.26. The monoisotopic (exact) mass is 297 g/mol. The van der Waals surface area contributed by atoms with Gasteiger partial charge in [0.1, 0.15) is 18.3 Å². The van der Waals surface area contributed by atoms with Crippen molar-refractivity contribution < 1.29 is 19.7 Å². The Labute approximate surface area is 118 Å². The summed E-state index contributed by atoms with van der Waals surface area (Å²) >= 11 is 0. The molecule has 0 aliphatic carbocycles. The highest BCUT2D eigenvalue weighted by Crippen LogP contribution is 2.32. The van der Waals surface area contributed by atoms with Crippen molar-refractivity contribution in [3.05, 3.63) is 16.7 Å². The van der Waals surface area contributed by atoms with Crippen LogP contribution in [0.4, 0.5) is 5.95 Å². The lowest BCUT2D eigenvalue weighted by Crippen LogP contribution is -2.34. The van der Waals surface area contributed by atoms with E-state index in [1.165, 1.54) is 18.0 Å². The van der Waals surface area contributed by atoms with Crippen LogP contribution in [0.5, 0.6) is 0 Å². The molecule has 4 atom stereocenters. The minimum Gasteiger partial charge on any atom is -0.394 e. The molecule has 2 aromatic rings. The smallest absolute Gasteiger partial charge is 0.280 e. The summed E-state index contributed by atoms with van der Waals surface area (Å²) in [7, 11) is 1.41. The first-order chi connectivity index (χ1) is 10.1. The summed E-state index contributed by atoms with van der Waals surface area (Å²) in [5.41, 5.74) is 5.38. The highest BCUT2D eigenvalue weighted by Gasteiger charge is 2.45. The van der Waals surface area contributed by atoms with Crippen molar-refractivity contribution in [2.75, 3.05) is 19.5 Å². The molecule has 5 N–H and O–H groups in total. The first kappa shape index (κ1) is 13.9. The van der Waals surface area contributed by atoms with Crippen LogP contribution >= 0.6 is 0 Å². The summed E-state index contributed by atoms with van der Waals surface area (Å²) in [6.45, 7) is -0.361. The lowest BCUT2D eigenvalue weighted by Gasteiger charge is -2.19. The van der Waals surface area contributed by atoms with Crippen molar-refractivity contribution in [2.24, 2.45) is 0 Å². The molecule has 0 amide bonds. The molecule has 1 saturated heterocycles. The van der Waals surface area contributed by atoms with Crippen LogP contribution in [0.25, 0.3) is 11.2 Å². The fourth-order valence-electron chi connectivity index (χ4n) is 2.48. The van der Waals surface area contributed by atoms with Crippen LogP contribution < -0.4 is 11.3 Å². The SMILES string of the molecule is CO[C@H]1[C@H](O)[C@@H](CO)O[C@H]1n1cnc2c(=O)[nH]c(N)nc21. The van der Waals surface area contributed by atoms with Gasteiger partial charge in [0.2, 0.25) is 5.95 Å². The number of rotatable bonds is 3. The van der Waals surface area contributed by atoms with Gasteiger partial charge in [0.15, 0.2) is 17.4 Å². The standard InChI is InChI=1S/C11H15N5O5/c1-20-7-6(18)4(2-17)21-10(7)16-3-13-5-8(16)14-11(12)15-9(5)19/h3-4,6-7,10,17-18H,2H2,1H3,(H3,12,14,15,19)/t4-,6-,7+,10-/m1/s1. The number of nitrogens with two attached hydrogens (primary N) is 1. The number of nitrogens with one attached hydrogen (secondary N) is 1. The summed E-state index contributed by atoms with van der Waals surface area (Å²) in [6, 6.07) is 0. The summed E-state index contributed by atoms with van der Waals surface area (Å²) in [5, 5.41) is 19.3. The molecule has 10 nitrogen and oxygen atoms in total. The van der Waals surface area contributed by atoms with Crippen molar-refractivity contribution in [2.45, 2.75) is 24.5 Å². The van der Waals surface area contributed by atoms with E-state index in [0.29, 0.717) is 0 Å². The van der Waals surface area contributed by atoms with Gasteiger partial charge in [0.25, 0.3) is 5.56 Å². The maximum Gasteiger partial charge on any atom is 0.280 e. The van der Waals surface area contributed by atoms with Gasteiger partial charge < -0.3 is 25.4 Å². The Hall–Kier alpha value is -2.01. The molecule has 0 radical (unpaired) electrons. The van der Waals surface area contributed by atoms with E-state index in [2.05, 4.69) is 15.0 Å². The average Bonchev–Trinajstić information content (AvgIpc) is 2.99. The maximum atomic E-state index is 11.8. The second-order valence-electron chi connectivity index (χ2n) is 4.71. The molecule has 10 heteroatoms. The zero-order valence-electron chi connectivity index (χ0n) is 11.1. The van der Waals surface area contributed by atoms with E-state index in [9.17, 15) is 15.0 Å². The van der Waals surface area contributed by atoms with Crippen LogP contribution in [0.2, 0.25) is 0 Å². The maximum absolute atomic E-state index is 11.8. The highest BCUT2D eigenvalue weighted by molar-refractivity contribution is 5.70. The molecule has 114 valence electrons. The fraction of sp³-hybridized carbons (Fsp3) is 0.545. The quantitative estimate of drug-likeness (QED) is 0.506. The van der Waals surface area contributed by atoms with Gasteiger partial charge in [-0.2, -0.15) is 4.98 Å². The van der Waals surface area contributed by atoms with Crippen molar-refractivity contribution in [1.82, 2.24) is 19.5 Å². The van der Waals surface area contributed by atoms with E-state index < -0.39 is 30.1 Å². The predicted molar refractivity (Wildman–Crippen MR) is 70.4 cm³/mol. The zero-order chi connectivity index (χ0) is 15.1. The number of aliphatic hydroxyl groups excluding tert-OH is 2. The minimum absolute atomic E-state index is 0.0551. The molecule has 21 heavy (non-hydrogen) atoms. The number of ether oxygens (including phenoxy) is 2. The summed E-state index contributed by atoms with van der Waals surface area (Å²) in [5.74, 6) is -0.0551. The Balaban J connectivity index is 2.10. The Kier molecular flexibility index (Phi) is 3.37. The Bertz CT molecular complexity index is 713. The van der Waals surface area contributed by atoms with E-state index in [4.69, 9.17) is 15.2 Å². The van der Waals surface area contributed by atoms with Gasteiger partial charge in [-0.25, -0.2) is 4.98 Å². The normalized spacial score (nSPS) is 29.3. The lowest BCUT2D eigenvalue weighted by atomic mass is 10.1. The number of aromatic amines is 1. The fourth-order valence-corrected chi connectivity index (χ4v) is 2.48. The van der Waals surface area contributed by atoms with Gasteiger partial charge in [-0.15, -0.1) is 0 Å². The lowest BCUT2D eigenvalue weighted by molar-refractivity contribution is -0.0583. The molecule has 0 saturated carbocycles. The van der Waals surface area contributed by atoms with E-state index in [0.717, 1.165) is 0 Å². The minimum atomic E-state index is -1.01. The van der Waals surface area contributed by atoms with Gasteiger partial charge in [0, 0.05) is 7.11 Å². The third kappa shape index (κ3) is 2.08. The molecule has 0 spiro atoms. The zero-order valence-corrected chi connectivity index (χ0v) is 11.1.